The molecule has 0 aromatic carbocycles. The van der Waals surface area contributed by atoms with Crippen LogP contribution < -0.4 is 0 Å². The highest BCUT2D eigenvalue weighted by Crippen LogP contribution is 2.17. The molecule has 0 fully saturated rings. The minimum atomic E-state index is 0.610. The van der Waals surface area contributed by atoms with Gasteiger partial charge in [-0.3, -0.25) is 0 Å². The van der Waals surface area contributed by atoms with Crippen LogP contribution in [0.1, 0.15) is 26.7 Å². The summed E-state index contributed by atoms with van der Waals surface area (Å²) < 4.78 is 0. The summed E-state index contributed by atoms with van der Waals surface area (Å²) in [6, 6.07) is 0. The first-order chi connectivity index (χ1) is 6.26. The lowest BCUT2D eigenvalue weighted by Gasteiger charge is -2.10. The van der Waals surface area contributed by atoms with Crippen LogP contribution in [0.3, 0.4) is 0 Å². The van der Waals surface area contributed by atoms with Crippen LogP contribution in [0, 0.1) is 5.92 Å². The summed E-state index contributed by atoms with van der Waals surface area (Å²) in [4.78, 5) is 0. The fourth-order valence-electron chi connectivity index (χ4n) is 1.30. The maximum absolute atomic E-state index is 3.71. The molecule has 0 aromatic rings. The second-order valence-electron chi connectivity index (χ2n) is 3.19. The van der Waals surface area contributed by atoms with Gasteiger partial charge in [-0.15, -0.1) is 0 Å². The van der Waals surface area contributed by atoms with E-state index in [1.165, 1.54) is 18.4 Å². The van der Waals surface area contributed by atoms with Crippen molar-refractivity contribution in [2.75, 3.05) is 0 Å². The van der Waals surface area contributed by atoms with E-state index in [2.05, 4.69) is 39.2 Å². The highest BCUT2D eigenvalue weighted by atomic mass is 14.1. The van der Waals surface area contributed by atoms with Gasteiger partial charge in [0.05, 0.1) is 0 Å². The SMILES string of the molecule is C=C/C=C\C(=C/C=C)C(C)CCC. The molecule has 0 heteroatoms. The normalized spacial score (nSPS) is 14.5. The van der Waals surface area contributed by atoms with E-state index in [1.54, 1.807) is 6.08 Å². The summed E-state index contributed by atoms with van der Waals surface area (Å²) in [5.41, 5.74) is 1.33. The van der Waals surface area contributed by atoms with E-state index in [-0.39, 0.29) is 0 Å². The Morgan fingerprint density at radius 1 is 1.31 bits per heavy atom. The first-order valence-electron chi connectivity index (χ1n) is 4.88. The predicted octanol–water partition coefficient (Wildman–Crippen LogP) is 4.28. The molecular weight excluding hydrogens is 156 g/mol. The van der Waals surface area contributed by atoms with Gasteiger partial charge in [0.1, 0.15) is 0 Å². The molecule has 0 saturated heterocycles. The standard InChI is InChI=1S/C13H20/c1-5-8-11-13(10-7-3)12(4)9-6-2/h5,7-8,10-12H,1,3,6,9H2,2,4H3/b11-8-,13-10+. The summed E-state index contributed by atoms with van der Waals surface area (Å²) in [6.07, 6.45) is 12.2. The molecule has 0 radical (unpaired) electrons. The van der Waals surface area contributed by atoms with E-state index in [0.29, 0.717) is 5.92 Å². The molecule has 0 aliphatic heterocycles. The Bertz CT molecular complexity index is 206. The van der Waals surface area contributed by atoms with E-state index in [9.17, 15) is 0 Å². The summed E-state index contributed by atoms with van der Waals surface area (Å²) in [5, 5.41) is 0. The van der Waals surface area contributed by atoms with Crippen molar-refractivity contribution in [2.24, 2.45) is 5.92 Å². The van der Waals surface area contributed by atoms with Crippen molar-refractivity contribution in [1.29, 1.82) is 0 Å². The topological polar surface area (TPSA) is 0 Å². The van der Waals surface area contributed by atoms with Gasteiger partial charge in [-0.05, 0) is 17.9 Å². The number of rotatable bonds is 6. The molecule has 1 atom stereocenters. The summed E-state index contributed by atoms with van der Waals surface area (Å²) in [7, 11) is 0. The summed E-state index contributed by atoms with van der Waals surface area (Å²) in [5.74, 6) is 0.610. The summed E-state index contributed by atoms with van der Waals surface area (Å²) >= 11 is 0. The van der Waals surface area contributed by atoms with Crippen molar-refractivity contribution < 1.29 is 0 Å². The van der Waals surface area contributed by atoms with Crippen LogP contribution in [-0.2, 0) is 0 Å². The molecule has 0 nitrogen and oxygen atoms in total. The maximum atomic E-state index is 3.71. The number of allylic oxidation sites excluding steroid dienone is 6. The minimum absolute atomic E-state index is 0.610. The van der Waals surface area contributed by atoms with E-state index >= 15 is 0 Å². The van der Waals surface area contributed by atoms with Crippen LogP contribution in [-0.4, -0.2) is 0 Å². The minimum Gasteiger partial charge on any atom is -0.0991 e. The third kappa shape index (κ3) is 5.24. The average Bonchev–Trinajstić information content (AvgIpc) is 2.12. The van der Waals surface area contributed by atoms with Gasteiger partial charge in [0.25, 0.3) is 0 Å². The molecule has 0 saturated carbocycles. The Labute approximate surface area is 82.4 Å². The molecular formula is C13H20. The monoisotopic (exact) mass is 176 g/mol. The van der Waals surface area contributed by atoms with Crippen LogP contribution in [0.2, 0.25) is 0 Å². The lowest BCUT2D eigenvalue weighted by atomic mass is 9.95. The number of hydrogen-bond donors (Lipinski definition) is 0. The molecule has 0 aliphatic rings. The van der Waals surface area contributed by atoms with Gasteiger partial charge in [-0.1, -0.05) is 63.8 Å². The first-order valence-corrected chi connectivity index (χ1v) is 4.88. The zero-order valence-corrected chi connectivity index (χ0v) is 8.79. The molecule has 0 aromatic heterocycles. The van der Waals surface area contributed by atoms with Crippen molar-refractivity contribution in [2.45, 2.75) is 26.7 Å². The molecule has 0 spiro atoms. The zero-order valence-electron chi connectivity index (χ0n) is 8.79. The molecule has 0 N–H and O–H groups in total. The Morgan fingerprint density at radius 3 is 2.46 bits per heavy atom. The highest BCUT2D eigenvalue weighted by Gasteiger charge is 2.02. The van der Waals surface area contributed by atoms with Crippen molar-refractivity contribution in [1.82, 2.24) is 0 Å². The van der Waals surface area contributed by atoms with Crippen LogP contribution in [0.15, 0.2) is 49.1 Å². The Morgan fingerprint density at radius 2 is 2.00 bits per heavy atom. The Hall–Kier alpha value is -1.04. The third-order valence-electron chi connectivity index (χ3n) is 2.03. The zero-order chi connectivity index (χ0) is 10.1. The molecule has 72 valence electrons. The molecule has 0 heterocycles. The fourth-order valence-corrected chi connectivity index (χ4v) is 1.30. The van der Waals surface area contributed by atoms with Crippen LogP contribution in [0.4, 0.5) is 0 Å². The predicted molar refractivity (Wildman–Crippen MR) is 61.7 cm³/mol. The van der Waals surface area contributed by atoms with Crippen molar-refractivity contribution >= 4 is 0 Å². The molecule has 13 heavy (non-hydrogen) atoms. The maximum Gasteiger partial charge on any atom is -0.0190 e. The van der Waals surface area contributed by atoms with Gasteiger partial charge < -0.3 is 0 Å². The molecule has 0 amide bonds. The van der Waals surface area contributed by atoms with Gasteiger partial charge in [0.15, 0.2) is 0 Å². The molecule has 0 rings (SSSR count). The van der Waals surface area contributed by atoms with Gasteiger partial charge in [0, 0.05) is 0 Å². The molecule has 0 aliphatic carbocycles. The first kappa shape index (κ1) is 12.0. The Kier molecular flexibility index (Phi) is 6.99. The Balaban J connectivity index is 4.40. The fraction of sp³-hybridized carbons (Fsp3) is 0.385. The van der Waals surface area contributed by atoms with Gasteiger partial charge in [0.2, 0.25) is 0 Å². The largest absolute Gasteiger partial charge is 0.0991 e. The van der Waals surface area contributed by atoms with Crippen LogP contribution in [0.5, 0.6) is 0 Å². The van der Waals surface area contributed by atoms with Gasteiger partial charge in [-0.2, -0.15) is 0 Å². The van der Waals surface area contributed by atoms with E-state index in [4.69, 9.17) is 0 Å². The average molecular weight is 176 g/mol. The smallest absolute Gasteiger partial charge is 0.0190 e. The second kappa shape index (κ2) is 7.60. The van der Waals surface area contributed by atoms with Crippen molar-refractivity contribution in [3.63, 3.8) is 0 Å². The van der Waals surface area contributed by atoms with E-state index < -0.39 is 0 Å². The molecule has 1 unspecified atom stereocenters. The van der Waals surface area contributed by atoms with E-state index in [0.717, 1.165) is 0 Å². The summed E-state index contributed by atoms with van der Waals surface area (Å²) in [6.45, 7) is 11.8. The number of hydrogen-bond acceptors (Lipinski definition) is 0. The van der Waals surface area contributed by atoms with Gasteiger partial charge in [-0.25, -0.2) is 0 Å². The third-order valence-corrected chi connectivity index (χ3v) is 2.03. The quantitative estimate of drug-likeness (QED) is 0.530. The van der Waals surface area contributed by atoms with Gasteiger partial charge >= 0.3 is 0 Å². The van der Waals surface area contributed by atoms with Crippen molar-refractivity contribution in [3.05, 3.63) is 49.1 Å². The lowest BCUT2D eigenvalue weighted by molar-refractivity contribution is 0.613. The highest BCUT2D eigenvalue weighted by molar-refractivity contribution is 5.26. The van der Waals surface area contributed by atoms with Crippen LogP contribution in [0.25, 0.3) is 0 Å². The molecule has 0 bridgehead atoms. The lowest BCUT2D eigenvalue weighted by Crippen LogP contribution is -1.96. The van der Waals surface area contributed by atoms with E-state index in [1.807, 2.05) is 12.2 Å². The second-order valence-corrected chi connectivity index (χ2v) is 3.19. The van der Waals surface area contributed by atoms with Crippen LogP contribution >= 0.6 is 0 Å². The van der Waals surface area contributed by atoms with Crippen molar-refractivity contribution in [3.8, 4) is 0 Å².